The van der Waals surface area contributed by atoms with Crippen molar-refractivity contribution < 1.29 is 4.79 Å². The van der Waals surface area contributed by atoms with Crippen molar-refractivity contribution in [2.75, 3.05) is 19.6 Å². The third kappa shape index (κ3) is 3.52. The molecular formula is C16H21ClN4O3. The Labute approximate surface area is 145 Å². The van der Waals surface area contributed by atoms with Gasteiger partial charge in [-0.15, -0.1) is 12.4 Å². The minimum absolute atomic E-state index is 0. The lowest BCUT2D eigenvalue weighted by Crippen LogP contribution is -2.52. The molecule has 0 bridgehead atoms. The highest BCUT2D eigenvalue weighted by molar-refractivity contribution is 5.85. The number of carbonyl (C=O) groups is 1. The number of H-pyrrole nitrogens is 1. The summed E-state index contributed by atoms with van der Waals surface area (Å²) >= 11 is 0. The molecule has 8 heteroatoms. The highest BCUT2D eigenvalue weighted by Gasteiger charge is 2.22. The lowest BCUT2D eigenvalue weighted by molar-refractivity contribution is -0.134. The quantitative estimate of drug-likeness (QED) is 0.833. The Bertz CT molecular complexity index is 845. The van der Waals surface area contributed by atoms with E-state index in [2.05, 4.69) is 10.3 Å². The molecule has 0 radical (unpaired) electrons. The summed E-state index contributed by atoms with van der Waals surface area (Å²) in [7, 11) is 0. The molecule has 1 atom stereocenters. The van der Waals surface area contributed by atoms with Crippen LogP contribution in [0.1, 0.15) is 13.3 Å². The van der Waals surface area contributed by atoms with E-state index in [0.717, 1.165) is 13.1 Å². The fourth-order valence-electron chi connectivity index (χ4n) is 3.03. The Morgan fingerprint density at radius 1 is 1.29 bits per heavy atom. The molecule has 2 aromatic rings. The van der Waals surface area contributed by atoms with E-state index in [1.54, 1.807) is 24.3 Å². The number of aromatic nitrogens is 2. The minimum atomic E-state index is -0.477. The Hall–Kier alpha value is -2.12. The number of hydrogen-bond donors (Lipinski definition) is 2. The van der Waals surface area contributed by atoms with E-state index in [9.17, 15) is 14.4 Å². The normalized spacial score (nSPS) is 17.5. The van der Waals surface area contributed by atoms with Crippen LogP contribution in [0.4, 0.5) is 0 Å². The molecule has 2 N–H and O–H groups in total. The van der Waals surface area contributed by atoms with Crippen LogP contribution in [0.25, 0.3) is 10.9 Å². The topological polar surface area (TPSA) is 87.2 Å². The van der Waals surface area contributed by atoms with Crippen molar-refractivity contribution in [3.8, 4) is 0 Å². The van der Waals surface area contributed by atoms with Crippen molar-refractivity contribution in [3.63, 3.8) is 0 Å². The van der Waals surface area contributed by atoms with Gasteiger partial charge in [-0.05, 0) is 19.1 Å². The lowest BCUT2D eigenvalue weighted by Gasteiger charge is -2.34. The number of piperazine rings is 1. The van der Waals surface area contributed by atoms with E-state index in [1.165, 1.54) is 4.57 Å². The summed E-state index contributed by atoms with van der Waals surface area (Å²) in [6.07, 6.45) is 0.236. The molecule has 1 aromatic carbocycles. The summed E-state index contributed by atoms with van der Waals surface area (Å²) in [5, 5.41) is 3.70. The summed E-state index contributed by atoms with van der Waals surface area (Å²) in [6, 6.07) is 7.08. The molecule has 7 nitrogen and oxygen atoms in total. The molecule has 24 heavy (non-hydrogen) atoms. The molecule has 0 unspecified atom stereocenters. The highest BCUT2D eigenvalue weighted by atomic mass is 35.5. The van der Waals surface area contributed by atoms with Crippen LogP contribution < -0.4 is 16.6 Å². The van der Waals surface area contributed by atoms with E-state index >= 15 is 0 Å². The summed E-state index contributed by atoms with van der Waals surface area (Å²) in [4.78, 5) is 40.5. The van der Waals surface area contributed by atoms with Crippen LogP contribution in [0, 0.1) is 0 Å². The van der Waals surface area contributed by atoms with Gasteiger partial charge in [0, 0.05) is 38.6 Å². The predicted molar refractivity (Wildman–Crippen MR) is 94.7 cm³/mol. The second-order valence-corrected chi connectivity index (χ2v) is 5.82. The second kappa shape index (κ2) is 7.63. The van der Waals surface area contributed by atoms with Crippen molar-refractivity contribution in [1.29, 1.82) is 0 Å². The number of fused-ring (bicyclic) bond motifs is 1. The zero-order valence-electron chi connectivity index (χ0n) is 13.4. The van der Waals surface area contributed by atoms with Crippen LogP contribution in [0.5, 0.6) is 0 Å². The third-order valence-corrected chi connectivity index (χ3v) is 4.28. The van der Waals surface area contributed by atoms with Crippen LogP contribution >= 0.6 is 12.4 Å². The fourth-order valence-corrected chi connectivity index (χ4v) is 3.03. The number of halogens is 1. The molecule has 1 aromatic heterocycles. The lowest BCUT2D eigenvalue weighted by atomic mass is 10.2. The number of nitrogens with zero attached hydrogens (tertiary/aromatic N) is 2. The number of nitrogens with one attached hydrogen (secondary N) is 2. The average molecular weight is 353 g/mol. The first kappa shape index (κ1) is 18.2. The second-order valence-electron chi connectivity index (χ2n) is 5.82. The number of aromatic amines is 1. The van der Waals surface area contributed by atoms with E-state index in [4.69, 9.17) is 0 Å². The number of rotatable bonds is 3. The largest absolute Gasteiger partial charge is 0.337 e. The van der Waals surface area contributed by atoms with Gasteiger partial charge in [-0.3, -0.25) is 19.1 Å². The highest BCUT2D eigenvalue weighted by Crippen LogP contribution is 2.09. The molecule has 2 heterocycles. The van der Waals surface area contributed by atoms with E-state index < -0.39 is 11.2 Å². The molecule has 130 valence electrons. The molecule has 0 spiro atoms. The van der Waals surface area contributed by atoms with Gasteiger partial charge in [-0.2, -0.15) is 0 Å². The zero-order valence-corrected chi connectivity index (χ0v) is 14.3. The number of para-hydroxylation sites is 1. The number of aryl methyl sites for hydroxylation is 1. The summed E-state index contributed by atoms with van der Waals surface area (Å²) < 4.78 is 1.46. The van der Waals surface area contributed by atoms with Gasteiger partial charge < -0.3 is 10.2 Å². The maximum Gasteiger partial charge on any atom is 0.328 e. The number of benzene rings is 1. The van der Waals surface area contributed by atoms with Crippen molar-refractivity contribution in [2.24, 2.45) is 0 Å². The molecule has 3 rings (SSSR count). The van der Waals surface area contributed by atoms with E-state index in [-0.39, 0.29) is 37.3 Å². The van der Waals surface area contributed by atoms with Crippen molar-refractivity contribution >= 4 is 29.2 Å². The van der Waals surface area contributed by atoms with Crippen LogP contribution in [0.15, 0.2) is 33.9 Å². The summed E-state index contributed by atoms with van der Waals surface area (Å²) in [6.45, 7) is 4.52. The Kier molecular flexibility index (Phi) is 5.80. The monoisotopic (exact) mass is 352 g/mol. The molecule has 0 aliphatic carbocycles. The Balaban J connectivity index is 0.00000208. The zero-order chi connectivity index (χ0) is 16.4. The third-order valence-electron chi connectivity index (χ3n) is 4.28. The van der Waals surface area contributed by atoms with E-state index in [0.29, 0.717) is 17.4 Å². The summed E-state index contributed by atoms with van der Waals surface area (Å²) in [5.41, 5.74) is -0.318. The number of carbonyl (C=O) groups excluding carboxylic acids is 1. The van der Waals surface area contributed by atoms with Crippen molar-refractivity contribution in [1.82, 2.24) is 19.8 Å². The van der Waals surface area contributed by atoms with E-state index in [1.807, 2.05) is 11.8 Å². The van der Waals surface area contributed by atoms with Crippen molar-refractivity contribution in [2.45, 2.75) is 25.9 Å². The first-order chi connectivity index (χ1) is 11.1. The minimum Gasteiger partial charge on any atom is -0.337 e. The van der Waals surface area contributed by atoms with Crippen LogP contribution in [0.3, 0.4) is 0 Å². The van der Waals surface area contributed by atoms with Gasteiger partial charge in [0.25, 0.3) is 5.56 Å². The predicted octanol–water partition coefficient (Wildman–Crippen LogP) is 0.322. The first-order valence-electron chi connectivity index (χ1n) is 7.80. The fraction of sp³-hybridized carbons (Fsp3) is 0.438. The van der Waals surface area contributed by atoms with Gasteiger partial charge in [0.05, 0.1) is 10.9 Å². The van der Waals surface area contributed by atoms with Gasteiger partial charge in [0.1, 0.15) is 0 Å². The molecule has 1 aliphatic heterocycles. The first-order valence-corrected chi connectivity index (χ1v) is 7.80. The molecule has 1 saturated heterocycles. The SMILES string of the molecule is C[C@@H]1CNCCN1C(=O)CCn1c(=O)[nH]c(=O)c2ccccc21.Cl. The van der Waals surface area contributed by atoms with Crippen LogP contribution in [-0.2, 0) is 11.3 Å². The van der Waals surface area contributed by atoms with Crippen LogP contribution in [0.2, 0.25) is 0 Å². The van der Waals surface area contributed by atoms with Gasteiger partial charge in [-0.1, -0.05) is 12.1 Å². The summed E-state index contributed by atoms with van der Waals surface area (Å²) in [5.74, 6) is 0.0289. The van der Waals surface area contributed by atoms with Crippen molar-refractivity contribution in [3.05, 3.63) is 45.1 Å². The maximum atomic E-state index is 12.4. The average Bonchev–Trinajstić information content (AvgIpc) is 2.55. The maximum absolute atomic E-state index is 12.4. The van der Waals surface area contributed by atoms with Gasteiger partial charge in [0.15, 0.2) is 0 Å². The standard InChI is InChI=1S/C16H20N4O3.ClH/c1-11-10-17-7-9-19(11)14(21)6-8-20-13-5-3-2-4-12(13)15(22)18-16(20)23;/h2-5,11,17H,6-10H2,1H3,(H,18,22,23);1H/t11-;/m1./s1. The van der Waals surface area contributed by atoms with Gasteiger partial charge in [-0.25, -0.2) is 4.79 Å². The molecular weight excluding hydrogens is 332 g/mol. The van der Waals surface area contributed by atoms with Gasteiger partial charge in [0.2, 0.25) is 5.91 Å². The number of amides is 1. The molecule has 1 fully saturated rings. The number of hydrogen-bond acceptors (Lipinski definition) is 4. The van der Waals surface area contributed by atoms with Gasteiger partial charge >= 0.3 is 5.69 Å². The van der Waals surface area contributed by atoms with Crippen LogP contribution in [-0.4, -0.2) is 46.0 Å². The smallest absolute Gasteiger partial charge is 0.328 e. The Morgan fingerprint density at radius 2 is 2.04 bits per heavy atom. The molecule has 0 saturated carbocycles. The molecule has 1 aliphatic rings. The molecule has 1 amide bonds. The Morgan fingerprint density at radius 3 is 2.79 bits per heavy atom.